The topological polar surface area (TPSA) is 57.3 Å². The third kappa shape index (κ3) is 3.63. The molecule has 0 fully saturated rings. The Balaban J connectivity index is 1.49. The molecule has 2 amide bonds. The van der Waals surface area contributed by atoms with Crippen molar-refractivity contribution in [3.05, 3.63) is 66.5 Å². The van der Waals surface area contributed by atoms with Gasteiger partial charge in [0.25, 0.3) is 0 Å². The van der Waals surface area contributed by atoms with E-state index in [0.717, 1.165) is 24.3 Å². The molecule has 0 aliphatic carbocycles. The largest absolute Gasteiger partial charge is 0.364 e. The van der Waals surface area contributed by atoms with Crippen molar-refractivity contribution >= 4 is 17.4 Å². The van der Waals surface area contributed by atoms with Crippen LogP contribution in [-0.4, -0.2) is 24.1 Å². The van der Waals surface area contributed by atoms with Crippen molar-refractivity contribution in [2.75, 3.05) is 23.3 Å². The maximum atomic E-state index is 11.8. The Morgan fingerprint density at radius 3 is 2.41 bits per heavy atom. The average Bonchev–Trinajstić information content (AvgIpc) is 3.09. The SMILES string of the molecule is O=C(NCc1ccc(N2CC=CC2)cc1)Nc1ccncc1. The molecule has 1 aromatic heterocycles. The number of hydrogen-bond donors (Lipinski definition) is 2. The van der Waals surface area contributed by atoms with Gasteiger partial charge >= 0.3 is 6.03 Å². The van der Waals surface area contributed by atoms with Gasteiger partial charge in [-0.25, -0.2) is 4.79 Å². The van der Waals surface area contributed by atoms with Crippen molar-refractivity contribution in [2.45, 2.75) is 6.54 Å². The number of nitrogens with one attached hydrogen (secondary N) is 2. The summed E-state index contributed by atoms with van der Waals surface area (Å²) < 4.78 is 0. The van der Waals surface area contributed by atoms with Crippen LogP contribution in [-0.2, 0) is 6.54 Å². The first-order valence-electron chi connectivity index (χ1n) is 7.25. The second-order valence-corrected chi connectivity index (χ2v) is 5.09. The van der Waals surface area contributed by atoms with E-state index in [0.29, 0.717) is 6.54 Å². The molecule has 3 rings (SSSR count). The zero-order chi connectivity index (χ0) is 15.2. The molecule has 0 saturated carbocycles. The number of hydrogen-bond acceptors (Lipinski definition) is 3. The molecule has 0 radical (unpaired) electrons. The molecule has 22 heavy (non-hydrogen) atoms. The van der Waals surface area contributed by atoms with E-state index in [1.807, 2.05) is 12.1 Å². The summed E-state index contributed by atoms with van der Waals surface area (Å²) in [6.07, 6.45) is 7.61. The van der Waals surface area contributed by atoms with Crippen LogP contribution in [0.3, 0.4) is 0 Å². The fourth-order valence-corrected chi connectivity index (χ4v) is 2.31. The number of urea groups is 1. The van der Waals surface area contributed by atoms with Crippen molar-refractivity contribution in [3.63, 3.8) is 0 Å². The minimum atomic E-state index is -0.223. The van der Waals surface area contributed by atoms with Crippen LogP contribution in [0.5, 0.6) is 0 Å². The van der Waals surface area contributed by atoms with E-state index >= 15 is 0 Å². The lowest BCUT2D eigenvalue weighted by Gasteiger charge is -2.17. The zero-order valence-electron chi connectivity index (χ0n) is 12.2. The zero-order valence-corrected chi connectivity index (χ0v) is 12.2. The molecule has 0 spiro atoms. The first-order valence-corrected chi connectivity index (χ1v) is 7.25. The van der Waals surface area contributed by atoms with Gasteiger partial charge in [-0.3, -0.25) is 4.98 Å². The number of rotatable bonds is 4. The lowest BCUT2D eigenvalue weighted by molar-refractivity contribution is 0.251. The average molecular weight is 294 g/mol. The van der Waals surface area contributed by atoms with Gasteiger partial charge < -0.3 is 15.5 Å². The number of pyridine rings is 1. The monoisotopic (exact) mass is 294 g/mol. The van der Waals surface area contributed by atoms with Gasteiger partial charge in [0.2, 0.25) is 0 Å². The summed E-state index contributed by atoms with van der Waals surface area (Å²) in [5, 5.41) is 5.60. The van der Waals surface area contributed by atoms with Gasteiger partial charge in [-0.1, -0.05) is 24.3 Å². The van der Waals surface area contributed by atoms with E-state index in [9.17, 15) is 4.79 Å². The lowest BCUT2D eigenvalue weighted by atomic mass is 10.2. The van der Waals surface area contributed by atoms with Crippen LogP contribution in [0.1, 0.15) is 5.56 Å². The van der Waals surface area contributed by atoms with E-state index in [4.69, 9.17) is 0 Å². The van der Waals surface area contributed by atoms with Gasteiger partial charge in [0.05, 0.1) is 0 Å². The number of nitrogens with zero attached hydrogens (tertiary/aromatic N) is 2. The molecule has 1 aliphatic rings. The molecule has 2 aromatic rings. The Morgan fingerprint density at radius 1 is 1.05 bits per heavy atom. The summed E-state index contributed by atoms with van der Waals surface area (Å²) in [6, 6.07) is 11.5. The second kappa shape index (κ2) is 6.76. The Morgan fingerprint density at radius 2 is 1.73 bits per heavy atom. The summed E-state index contributed by atoms with van der Waals surface area (Å²) in [7, 11) is 0. The van der Waals surface area contributed by atoms with E-state index in [1.165, 1.54) is 5.69 Å². The number of anilines is 2. The molecule has 0 bridgehead atoms. The highest BCUT2D eigenvalue weighted by molar-refractivity contribution is 5.89. The van der Waals surface area contributed by atoms with Crippen LogP contribution in [0, 0.1) is 0 Å². The predicted molar refractivity (Wildman–Crippen MR) is 87.9 cm³/mol. The summed E-state index contributed by atoms with van der Waals surface area (Å²) in [6.45, 7) is 2.42. The third-order valence-corrected chi connectivity index (χ3v) is 3.51. The fourth-order valence-electron chi connectivity index (χ4n) is 2.31. The number of carbonyl (C=O) groups is 1. The van der Waals surface area contributed by atoms with Crippen LogP contribution in [0.15, 0.2) is 60.9 Å². The Hall–Kier alpha value is -2.82. The molecule has 0 atom stereocenters. The van der Waals surface area contributed by atoms with Gasteiger partial charge in [0, 0.05) is 43.4 Å². The molecule has 1 aromatic carbocycles. The van der Waals surface area contributed by atoms with Gasteiger partial charge in [-0.05, 0) is 29.8 Å². The van der Waals surface area contributed by atoms with Crippen molar-refractivity contribution in [2.24, 2.45) is 0 Å². The summed E-state index contributed by atoms with van der Waals surface area (Å²) in [5.41, 5.74) is 3.00. The first kappa shape index (κ1) is 14.1. The Labute approximate surface area is 129 Å². The smallest absolute Gasteiger partial charge is 0.319 e. The van der Waals surface area contributed by atoms with Gasteiger partial charge in [-0.15, -0.1) is 0 Å². The van der Waals surface area contributed by atoms with Crippen molar-refractivity contribution < 1.29 is 4.79 Å². The van der Waals surface area contributed by atoms with E-state index in [2.05, 4.69) is 44.8 Å². The molecule has 1 aliphatic heterocycles. The molecule has 112 valence electrons. The number of aromatic nitrogens is 1. The molecule has 5 nitrogen and oxygen atoms in total. The Kier molecular flexibility index (Phi) is 4.34. The maximum absolute atomic E-state index is 11.8. The van der Waals surface area contributed by atoms with Crippen molar-refractivity contribution in [3.8, 4) is 0 Å². The van der Waals surface area contributed by atoms with Crippen LogP contribution in [0.2, 0.25) is 0 Å². The fraction of sp³-hybridized carbons (Fsp3) is 0.176. The maximum Gasteiger partial charge on any atom is 0.319 e. The molecular weight excluding hydrogens is 276 g/mol. The molecule has 2 N–H and O–H groups in total. The number of benzene rings is 1. The lowest BCUT2D eigenvalue weighted by Crippen LogP contribution is -2.28. The third-order valence-electron chi connectivity index (χ3n) is 3.51. The molecule has 0 saturated heterocycles. The summed E-state index contributed by atoms with van der Waals surface area (Å²) >= 11 is 0. The number of amides is 2. The summed E-state index contributed by atoms with van der Waals surface area (Å²) in [4.78, 5) is 18.0. The molecule has 5 heteroatoms. The minimum absolute atomic E-state index is 0.223. The van der Waals surface area contributed by atoms with Gasteiger partial charge in [0.15, 0.2) is 0 Å². The van der Waals surface area contributed by atoms with E-state index in [1.54, 1.807) is 24.5 Å². The standard InChI is InChI=1S/C17H18N4O/c22-17(20-15-7-9-18-10-8-15)19-13-14-3-5-16(6-4-14)21-11-1-2-12-21/h1-10H,11-13H2,(H2,18,19,20,22). The van der Waals surface area contributed by atoms with Crippen molar-refractivity contribution in [1.82, 2.24) is 10.3 Å². The molecule has 0 unspecified atom stereocenters. The van der Waals surface area contributed by atoms with Crippen molar-refractivity contribution in [1.29, 1.82) is 0 Å². The first-order chi connectivity index (χ1) is 10.8. The Bertz CT molecular complexity index is 644. The highest BCUT2D eigenvalue weighted by atomic mass is 16.2. The van der Waals surface area contributed by atoms with Gasteiger partial charge in [-0.2, -0.15) is 0 Å². The molecule has 2 heterocycles. The quantitative estimate of drug-likeness (QED) is 0.853. The predicted octanol–water partition coefficient (Wildman–Crippen LogP) is 2.78. The van der Waals surface area contributed by atoms with E-state index < -0.39 is 0 Å². The minimum Gasteiger partial charge on any atom is -0.364 e. The summed E-state index contributed by atoms with van der Waals surface area (Å²) in [5.74, 6) is 0. The van der Waals surface area contributed by atoms with Crippen LogP contribution < -0.4 is 15.5 Å². The second-order valence-electron chi connectivity index (χ2n) is 5.09. The van der Waals surface area contributed by atoms with Crippen LogP contribution >= 0.6 is 0 Å². The van der Waals surface area contributed by atoms with Crippen LogP contribution in [0.25, 0.3) is 0 Å². The highest BCUT2D eigenvalue weighted by Crippen LogP contribution is 2.17. The highest BCUT2D eigenvalue weighted by Gasteiger charge is 2.07. The normalized spacial score (nSPS) is 13.2. The van der Waals surface area contributed by atoms with Gasteiger partial charge in [0.1, 0.15) is 0 Å². The number of carbonyl (C=O) groups excluding carboxylic acids is 1. The van der Waals surface area contributed by atoms with E-state index in [-0.39, 0.29) is 6.03 Å². The van der Waals surface area contributed by atoms with Crippen LogP contribution in [0.4, 0.5) is 16.2 Å². The molecular formula is C17H18N4O.